The lowest BCUT2D eigenvalue weighted by Crippen LogP contribution is -2.06. The van der Waals surface area contributed by atoms with Crippen LogP contribution in [0.5, 0.6) is 0 Å². The average molecular weight is 288 g/mol. The third-order valence-corrected chi connectivity index (χ3v) is 3.10. The molecule has 0 aliphatic carbocycles. The molecule has 0 saturated carbocycles. The number of halogens is 1. The molecule has 1 aromatic heterocycles. The fourth-order valence-corrected chi connectivity index (χ4v) is 1.93. The molecule has 110 valence electrons. The summed E-state index contributed by atoms with van der Waals surface area (Å²) in [5.41, 5.74) is 2.01. The highest BCUT2D eigenvalue weighted by molar-refractivity contribution is 5.94. The molecule has 0 amide bonds. The third-order valence-electron chi connectivity index (χ3n) is 3.10. The van der Waals surface area contributed by atoms with Crippen molar-refractivity contribution in [3.63, 3.8) is 0 Å². The molecule has 2 aromatic rings. The van der Waals surface area contributed by atoms with Crippen LogP contribution < -0.4 is 0 Å². The molecule has 0 bridgehead atoms. The molecule has 0 unspecified atom stereocenters. The molecule has 1 aromatic carbocycles. The number of nitrogens with zero attached hydrogens (tertiary/aromatic N) is 2. The van der Waals surface area contributed by atoms with E-state index < -0.39 is 11.8 Å². The predicted octanol–water partition coefficient (Wildman–Crippen LogP) is 3.20. The monoisotopic (exact) mass is 288 g/mol. The summed E-state index contributed by atoms with van der Waals surface area (Å²) >= 11 is 0. The Morgan fingerprint density at radius 3 is 2.62 bits per heavy atom. The fraction of sp³-hybridized carbons (Fsp3) is 0.250. The van der Waals surface area contributed by atoms with Crippen molar-refractivity contribution in [2.75, 3.05) is 6.61 Å². The molecule has 0 fully saturated rings. The maximum Gasteiger partial charge on any atom is 0.367 e. The normalized spacial score (nSPS) is 12.0. The van der Waals surface area contributed by atoms with Gasteiger partial charge in [-0.25, -0.2) is 9.78 Å². The number of ether oxygens (including phenoxy) is 1. The van der Waals surface area contributed by atoms with Gasteiger partial charge in [-0.1, -0.05) is 24.3 Å². The van der Waals surface area contributed by atoms with Crippen LogP contribution in [0.25, 0.3) is 5.57 Å². The average Bonchev–Trinajstić information content (AvgIpc) is 3.00. The fourth-order valence-electron chi connectivity index (χ4n) is 1.93. The lowest BCUT2D eigenvalue weighted by atomic mass is 10.0. The highest BCUT2D eigenvalue weighted by Crippen LogP contribution is 2.21. The minimum atomic E-state index is -0.919. The first-order chi connectivity index (χ1) is 10.1. The third kappa shape index (κ3) is 3.78. The Morgan fingerprint density at radius 1 is 1.33 bits per heavy atom. The van der Waals surface area contributed by atoms with E-state index in [4.69, 9.17) is 0 Å². The molecule has 21 heavy (non-hydrogen) atoms. The minimum Gasteiger partial charge on any atom is -0.461 e. The number of allylic oxidation sites excluding steroid dienone is 1. The number of benzene rings is 1. The molecule has 0 radical (unpaired) electrons. The molecule has 0 aliphatic heterocycles. The molecule has 2 rings (SSSR count). The van der Waals surface area contributed by atoms with Gasteiger partial charge in [-0.05, 0) is 30.5 Å². The molecular weight excluding hydrogens is 271 g/mol. The molecule has 4 nitrogen and oxygen atoms in total. The van der Waals surface area contributed by atoms with Crippen LogP contribution in [0.2, 0.25) is 0 Å². The Kier molecular flexibility index (Phi) is 4.87. The number of hydrogen-bond acceptors (Lipinski definition) is 3. The number of esters is 1. The molecule has 1 heterocycles. The van der Waals surface area contributed by atoms with Gasteiger partial charge in [-0.2, -0.15) is 4.39 Å². The van der Waals surface area contributed by atoms with E-state index in [-0.39, 0.29) is 12.2 Å². The van der Waals surface area contributed by atoms with Crippen molar-refractivity contribution in [1.82, 2.24) is 9.55 Å². The van der Waals surface area contributed by atoms with Crippen molar-refractivity contribution in [1.29, 1.82) is 0 Å². The number of hydrogen-bond donors (Lipinski definition) is 0. The summed E-state index contributed by atoms with van der Waals surface area (Å²) in [5, 5.41) is 0. The van der Waals surface area contributed by atoms with Gasteiger partial charge in [-0.3, -0.25) is 0 Å². The van der Waals surface area contributed by atoms with Crippen molar-refractivity contribution in [2.45, 2.75) is 20.4 Å². The number of imidazole rings is 1. The summed E-state index contributed by atoms with van der Waals surface area (Å²) in [6.07, 6.45) is 5.33. The number of carbonyl (C=O) groups is 1. The van der Waals surface area contributed by atoms with Gasteiger partial charge < -0.3 is 9.30 Å². The van der Waals surface area contributed by atoms with E-state index in [2.05, 4.69) is 9.72 Å². The van der Waals surface area contributed by atoms with Gasteiger partial charge in [0.25, 0.3) is 0 Å². The molecule has 0 atom stereocenters. The first-order valence-corrected chi connectivity index (χ1v) is 6.70. The zero-order valence-electron chi connectivity index (χ0n) is 12.0. The zero-order valence-corrected chi connectivity index (χ0v) is 12.0. The van der Waals surface area contributed by atoms with Crippen LogP contribution in [0.1, 0.15) is 25.0 Å². The number of rotatable bonds is 5. The molecular formula is C16H17FN2O2. The smallest absolute Gasteiger partial charge is 0.367 e. The topological polar surface area (TPSA) is 44.1 Å². The Morgan fingerprint density at radius 2 is 2.05 bits per heavy atom. The minimum absolute atomic E-state index is 0.156. The van der Waals surface area contributed by atoms with Crippen LogP contribution in [-0.2, 0) is 16.1 Å². The standard InChI is InChI=1S/C16H17FN2O2/c1-3-21-16(20)15(17)12(2)14-6-4-13(5-7-14)10-19-9-8-18-11-19/h4-9,11H,3,10H2,1-2H3/b15-12+. The van der Waals surface area contributed by atoms with E-state index in [1.54, 1.807) is 38.5 Å². The molecule has 0 saturated heterocycles. The van der Waals surface area contributed by atoms with Crippen LogP contribution in [0.4, 0.5) is 4.39 Å². The second-order valence-corrected chi connectivity index (χ2v) is 4.59. The highest BCUT2D eigenvalue weighted by atomic mass is 19.1. The van der Waals surface area contributed by atoms with Crippen LogP contribution in [0, 0.1) is 0 Å². The zero-order chi connectivity index (χ0) is 15.2. The second kappa shape index (κ2) is 6.83. The first kappa shape index (κ1) is 15.0. The molecule has 5 heteroatoms. The quantitative estimate of drug-likeness (QED) is 0.627. The van der Waals surface area contributed by atoms with Gasteiger partial charge in [0.1, 0.15) is 0 Å². The summed E-state index contributed by atoms with van der Waals surface area (Å²) in [5.74, 6) is -1.77. The van der Waals surface area contributed by atoms with E-state index in [0.717, 1.165) is 5.56 Å². The van der Waals surface area contributed by atoms with E-state index in [1.165, 1.54) is 0 Å². The Labute approximate surface area is 122 Å². The van der Waals surface area contributed by atoms with Crippen molar-refractivity contribution in [2.24, 2.45) is 0 Å². The van der Waals surface area contributed by atoms with Crippen molar-refractivity contribution in [3.05, 3.63) is 59.9 Å². The van der Waals surface area contributed by atoms with Gasteiger partial charge in [-0.15, -0.1) is 0 Å². The highest BCUT2D eigenvalue weighted by Gasteiger charge is 2.14. The lowest BCUT2D eigenvalue weighted by molar-refractivity contribution is -0.140. The predicted molar refractivity (Wildman–Crippen MR) is 78.1 cm³/mol. The van der Waals surface area contributed by atoms with Crippen molar-refractivity contribution >= 4 is 11.5 Å². The number of aromatic nitrogens is 2. The van der Waals surface area contributed by atoms with Gasteiger partial charge in [0.15, 0.2) is 0 Å². The summed E-state index contributed by atoms with van der Waals surface area (Å²) in [7, 11) is 0. The van der Waals surface area contributed by atoms with Crippen LogP contribution in [0.3, 0.4) is 0 Å². The van der Waals surface area contributed by atoms with Gasteiger partial charge in [0.2, 0.25) is 5.83 Å². The SMILES string of the molecule is CCOC(=O)/C(F)=C(/C)c1ccc(Cn2ccnc2)cc1. The maximum atomic E-state index is 13.9. The Balaban J connectivity index is 2.14. The van der Waals surface area contributed by atoms with E-state index >= 15 is 0 Å². The summed E-state index contributed by atoms with van der Waals surface area (Å²) in [6, 6.07) is 7.38. The second-order valence-electron chi connectivity index (χ2n) is 4.59. The molecule has 0 spiro atoms. The van der Waals surface area contributed by atoms with Gasteiger partial charge in [0, 0.05) is 18.9 Å². The summed E-state index contributed by atoms with van der Waals surface area (Å²) < 4.78 is 20.5. The Hall–Kier alpha value is -2.43. The Bertz CT molecular complexity index is 631. The van der Waals surface area contributed by atoms with E-state index in [9.17, 15) is 9.18 Å². The van der Waals surface area contributed by atoms with Crippen LogP contribution in [-0.4, -0.2) is 22.1 Å². The molecule has 0 aliphatic rings. The maximum absolute atomic E-state index is 13.9. The largest absolute Gasteiger partial charge is 0.461 e. The summed E-state index contributed by atoms with van der Waals surface area (Å²) in [4.78, 5) is 15.3. The summed E-state index contributed by atoms with van der Waals surface area (Å²) in [6.45, 7) is 4.06. The van der Waals surface area contributed by atoms with Crippen molar-refractivity contribution in [3.8, 4) is 0 Å². The number of carbonyl (C=O) groups excluding carboxylic acids is 1. The van der Waals surface area contributed by atoms with Crippen molar-refractivity contribution < 1.29 is 13.9 Å². The van der Waals surface area contributed by atoms with E-state index in [1.807, 2.05) is 22.9 Å². The molecule has 0 N–H and O–H groups in total. The van der Waals surface area contributed by atoms with Gasteiger partial charge >= 0.3 is 5.97 Å². The first-order valence-electron chi connectivity index (χ1n) is 6.70. The van der Waals surface area contributed by atoms with E-state index in [0.29, 0.717) is 12.1 Å². The van der Waals surface area contributed by atoms with Gasteiger partial charge in [0.05, 0.1) is 12.9 Å². The van der Waals surface area contributed by atoms with Crippen LogP contribution in [0.15, 0.2) is 48.8 Å². The lowest BCUT2D eigenvalue weighted by Gasteiger charge is -2.07. The van der Waals surface area contributed by atoms with Crippen LogP contribution >= 0.6 is 0 Å².